The standard InChI is InChI=1S/C13H23N3O3/c1-6-7-16(5)11(18)8-14-12(19)15-10(9-17)13(2,3)4/h6,9-10H,1,7-8H2,2-5H3,(H2,14,15,19). The Morgan fingerprint density at radius 1 is 1.37 bits per heavy atom. The number of nitrogens with zero attached hydrogens (tertiary/aromatic N) is 1. The molecule has 108 valence electrons. The first-order chi connectivity index (χ1) is 8.72. The van der Waals surface area contributed by atoms with Crippen LogP contribution in [0.5, 0.6) is 0 Å². The normalized spacial score (nSPS) is 12.2. The first-order valence-corrected chi connectivity index (χ1v) is 6.07. The van der Waals surface area contributed by atoms with E-state index in [-0.39, 0.29) is 17.9 Å². The number of hydrogen-bond donors (Lipinski definition) is 2. The molecule has 3 amide bonds. The van der Waals surface area contributed by atoms with Crippen LogP contribution in [0.3, 0.4) is 0 Å². The van der Waals surface area contributed by atoms with E-state index in [1.807, 2.05) is 20.8 Å². The van der Waals surface area contributed by atoms with Gasteiger partial charge in [0.2, 0.25) is 5.91 Å². The minimum absolute atomic E-state index is 0.119. The zero-order valence-electron chi connectivity index (χ0n) is 12.0. The molecule has 1 atom stereocenters. The van der Waals surface area contributed by atoms with Crippen molar-refractivity contribution in [3.8, 4) is 0 Å². The molecule has 6 nitrogen and oxygen atoms in total. The predicted molar refractivity (Wildman–Crippen MR) is 73.7 cm³/mol. The van der Waals surface area contributed by atoms with E-state index in [1.54, 1.807) is 13.1 Å². The first-order valence-electron chi connectivity index (χ1n) is 6.07. The molecule has 19 heavy (non-hydrogen) atoms. The number of likely N-dealkylation sites (N-methyl/N-ethyl adjacent to an activating group) is 1. The number of carbonyl (C=O) groups is 3. The monoisotopic (exact) mass is 269 g/mol. The van der Waals surface area contributed by atoms with Crippen LogP contribution in [0.2, 0.25) is 0 Å². The Morgan fingerprint density at radius 3 is 2.37 bits per heavy atom. The quantitative estimate of drug-likeness (QED) is 0.546. The molecule has 0 aliphatic carbocycles. The van der Waals surface area contributed by atoms with Crippen LogP contribution in [0.1, 0.15) is 20.8 Å². The fraction of sp³-hybridized carbons (Fsp3) is 0.615. The maximum Gasteiger partial charge on any atom is 0.315 e. The Bertz CT molecular complexity index is 348. The van der Waals surface area contributed by atoms with Crippen LogP contribution >= 0.6 is 0 Å². The summed E-state index contributed by atoms with van der Waals surface area (Å²) >= 11 is 0. The molecule has 0 aromatic rings. The van der Waals surface area contributed by atoms with Gasteiger partial charge in [-0.3, -0.25) is 4.79 Å². The molecule has 0 aliphatic heterocycles. The van der Waals surface area contributed by atoms with E-state index in [9.17, 15) is 14.4 Å². The van der Waals surface area contributed by atoms with E-state index in [2.05, 4.69) is 17.2 Å². The third-order valence-corrected chi connectivity index (χ3v) is 2.58. The molecule has 0 bridgehead atoms. The summed E-state index contributed by atoms with van der Waals surface area (Å²) < 4.78 is 0. The summed E-state index contributed by atoms with van der Waals surface area (Å²) in [6.07, 6.45) is 2.28. The molecular weight excluding hydrogens is 246 g/mol. The first kappa shape index (κ1) is 17.2. The summed E-state index contributed by atoms with van der Waals surface area (Å²) in [5.41, 5.74) is -0.372. The summed E-state index contributed by atoms with van der Waals surface area (Å²) in [6, 6.07) is -1.14. The predicted octanol–water partition coefficient (Wildman–Crippen LogP) is 0.544. The van der Waals surface area contributed by atoms with Crippen molar-refractivity contribution >= 4 is 18.2 Å². The van der Waals surface area contributed by atoms with Gasteiger partial charge >= 0.3 is 6.03 Å². The zero-order valence-corrected chi connectivity index (χ0v) is 12.0. The van der Waals surface area contributed by atoms with Crippen molar-refractivity contribution in [3.05, 3.63) is 12.7 Å². The lowest BCUT2D eigenvalue weighted by molar-refractivity contribution is -0.128. The second kappa shape index (κ2) is 7.56. The summed E-state index contributed by atoms with van der Waals surface area (Å²) in [5, 5.41) is 4.95. The van der Waals surface area contributed by atoms with Gasteiger partial charge < -0.3 is 20.3 Å². The molecule has 0 saturated carbocycles. The fourth-order valence-corrected chi connectivity index (χ4v) is 1.23. The molecule has 0 fully saturated rings. The van der Waals surface area contributed by atoms with E-state index >= 15 is 0 Å². The van der Waals surface area contributed by atoms with E-state index in [4.69, 9.17) is 0 Å². The number of aldehydes is 1. The van der Waals surface area contributed by atoms with Crippen molar-refractivity contribution in [2.45, 2.75) is 26.8 Å². The highest BCUT2D eigenvalue weighted by Gasteiger charge is 2.25. The molecule has 0 aromatic carbocycles. The van der Waals surface area contributed by atoms with Crippen molar-refractivity contribution in [2.75, 3.05) is 20.1 Å². The average molecular weight is 269 g/mol. The Balaban J connectivity index is 4.22. The second-order valence-corrected chi connectivity index (χ2v) is 5.37. The van der Waals surface area contributed by atoms with Gasteiger partial charge in [-0.15, -0.1) is 6.58 Å². The molecule has 0 aliphatic rings. The minimum Gasteiger partial charge on any atom is -0.341 e. The Morgan fingerprint density at radius 2 is 1.95 bits per heavy atom. The van der Waals surface area contributed by atoms with Gasteiger partial charge in [-0.2, -0.15) is 0 Å². The Hall–Kier alpha value is -1.85. The summed E-state index contributed by atoms with van der Waals surface area (Å²) in [4.78, 5) is 35.5. The van der Waals surface area contributed by atoms with E-state index in [0.717, 1.165) is 0 Å². The third-order valence-electron chi connectivity index (χ3n) is 2.58. The number of nitrogens with one attached hydrogen (secondary N) is 2. The topological polar surface area (TPSA) is 78.5 Å². The lowest BCUT2D eigenvalue weighted by Gasteiger charge is -2.26. The number of rotatable bonds is 6. The van der Waals surface area contributed by atoms with Crippen LogP contribution in [-0.4, -0.2) is 49.3 Å². The third kappa shape index (κ3) is 6.59. The van der Waals surface area contributed by atoms with E-state index in [0.29, 0.717) is 12.8 Å². The second-order valence-electron chi connectivity index (χ2n) is 5.37. The highest BCUT2D eigenvalue weighted by Crippen LogP contribution is 2.17. The van der Waals surface area contributed by atoms with Gasteiger partial charge in [0.25, 0.3) is 0 Å². The molecule has 0 spiro atoms. The molecule has 0 aromatic heterocycles. The fourth-order valence-electron chi connectivity index (χ4n) is 1.23. The number of urea groups is 1. The van der Waals surface area contributed by atoms with Gasteiger partial charge in [-0.05, 0) is 5.41 Å². The van der Waals surface area contributed by atoms with Crippen LogP contribution < -0.4 is 10.6 Å². The Kier molecular flexibility index (Phi) is 6.82. The molecule has 0 saturated heterocycles. The maximum absolute atomic E-state index is 11.6. The van der Waals surface area contributed by atoms with Gasteiger partial charge in [-0.1, -0.05) is 26.8 Å². The lowest BCUT2D eigenvalue weighted by atomic mass is 9.88. The van der Waals surface area contributed by atoms with Crippen molar-refractivity contribution in [2.24, 2.45) is 5.41 Å². The zero-order chi connectivity index (χ0) is 15.1. The van der Waals surface area contributed by atoms with Gasteiger partial charge in [0, 0.05) is 13.6 Å². The van der Waals surface area contributed by atoms with Crippen molar-refractivity contribution < 1.29 is 14.4 Å². The summed E-state index contributed by atoms with van der Waals surface area (Å²) in [7, 11) is 1.62. The average Bonchev–Trinajstić information content (AvgIpc) is 2.31. The molecule has 6 heteroatoms. The van der Waals surface area contributed by atoms with Gasteiger partial charge in [-0.25, -0.2) is 4.79 Å². The van der Waals surface area contributed by atoms with E-state index in [1.165, 1.54) is 4.90 Å². The molecule has 0 radical (unpaired) electrons. The van der Waals surface area contributed by atoms with Gasteiger partial charge in [0.05, 0.1) is 12.6 Å². The molecule has 0 heterocycles. The van der Waals surface area contributed by atoms with Crippen molar-refractivity contribution in [1.29, 1.82) is 0 Å². The molecule has 1 unspecified atom stereocenters. The van der Waals surface area contributed by atoms with Crippen LogP contribution in [0.25, 0.3) is 0 Å². The van der Waals surface area contributed by atoms with Crippen LogP contribution in [-0.2, 0) is 9.59 Å². The minimum atomic E-state index is -0.603. The number of carbonyl (C=O) groups excluding carboxylic acids is 3. The molecule has 2 N–H and O–H groups in total. The highest BCUT2D eigenvalue weighted by molar-refractivity contribution is 5.85. The van der Waals surface area contributed by atoms with Crippen LogP contribution in [0.4, 0.5) is 4.79 Å². The van der Waals surface area contributed by atoms with E-state index < -0.39 is 12.1 Å². The largest absolute Gasteiger partial charge is 0.341 e. The SMILES string of the molecule is C=CCN(C)C(=O)CNC(=O)NC(C=O)C(C)(C)C. The van der Waals surface area contributed by atoms with Crippen molar-refractivity contribution in [1.82, 2.24) is 15.5 Å². The summed E-state index contributed by atoms with van der Waals surface area (Å²) in [6.45, 7) is 9.35. The van der Waals surface area contributed by atoms with Crippen LogP contribution in [0.15, 0.2) is 12.7 Å². The summed E-state index contributed by atoms with van der Waals surface area (Å²) in [5.74, 6) is -0.228. The van der Waals surface area contributed by atoms with Gasteiger partial charge in [0.15, 0.2) is 0 Å². The van der Waals surface area contributed by atoms with Gasteiger partial charge in [0.1, 0.15) is 6.29 Å². The maximum atomic E-state index is 11.6. The smallest absolute Gasteiger partial charge is 0.315 e. The molecule has 0 rings (SSSR count). The number of amides is 3. The van der Waals surface area contributed by atoms with Crippen molar-refractivity contribution in [3.63, 3.8) is 0 Å². The number of hydrogen-bond acceptors (Lipinski definition) is 3. The van der Waals surface area contributed by atoms with Crippen LogP contribution in [0, 0.1) is 5.41 Å². The highest BCUT2D eigenvalue weighted by atomic mass is 16.2. The Labute approximate surface area is 114 Å². The molecular formula is C13H23N3O3. The lowest BCUT2D eigenvalue weighted by Crippen LogP contribution is -2.50.